The molecule has 0 spiro atoms. The number of hydrogen-bond acceptors (Lipinski definition) is 4. The van der Waals surface area contributed by atoms with E-state index >= 15 is 0 Å². The Morgan fingerprint density at radius 3 is 2.43 bits per heavy atom. The van der Waals surface area contributed by atoms with Crippen LogP contribution in [0.15, 0.2) is 72.9 Å². The van der Waals surface area contributed by atoms with Crippen LogP contribution in [0.4, 0.5) is 13.2 Å². The topological polar surface area (TPSA) is 69.9 Å². The summed E-state index contributed by atoms with van der Waals surface area (Å²) < 4.78 is 60.1. The van der Waals surface area contributed by atoms with Crippen LogP contribution in [0.2, 0.25) is 0 Å². The highest BCUT2D eigenvalue weighted by molar-refractivity contribution is 5.82. The van der Waals surface area contributed by atoms with Crippen molar-refractivity contribution in [3.63, 3.8) is 0 Å². The molecule has 0 atom stereocenters. The van der Waals surface area contributed by atoms with Gasteiger partial charge in [0.05, 0.1) is 31.2 Å². The fourth-order valence-electron chi connectivity index (χ4n) is 3.93. The van der Waals surface area contributed by atoms with Crippen molar-refractivity contribution in [1.29, 1.82) is 0 Å². The molecule has 1 N–H and O–H groups in total. The van der Waals surface area contributed by atoms with Gasteiger partial charge in [0.15, 0.2) is 0 Å². The highest BCUT2D eigenvalue weighted by atomic mass is 19.4. The third kappa shape index (κ3) is 4.95. The predicted octanol–water partition coefficient (Wildman–Crippen LogP) is 6.44. The van der Waals surface area contributed by atoms with Crippen LogP contribution in [0.5, 0.6) is 23.0 Å². The Balaban J connectivity index is 1.42. The van der Waals surface area contributed by atoms with Crippen LogP contribution < -0.4 is 9.47 Å². The van der Waals surface area contributed by atoms with Crippen LogP contribution in [-0.2, 0) is 22.1 Å². The second-order valence-corrected chi connectivity index (χ2v) is 8.21. The van der Waals surface area contributed by atoms with Crippen molar-refractivity contribution in [3.05, 3.63) is 84.1 Å². The van der Waals surface area contributed by atoms with Gasteiger partial charge in [-0.25, -0.2) is 0 Å². The number of halogens is 3. The summed E-state index contributed by atoms with van der Waals surface area (Å²) in [6, 6.07) is 17.0. The second-order valence-electron chi connectivity index (χ2n) is 8.21. The number of rotatable bonds is 7. The van der Waals surface area contributed by atoms with Crippen molar-refractivity contribution in [2.24, 2.45) is 0 Å². The van der Waals surface area contributed by atoms with Crippen LogP contribution in [0.3, 0.4) is 0 Å². The lowest BCUT2D eigenvalue weighted by Gasteiger charge is -2.28. The first-order valence-electron chi connectivity index (χ1n) is 10.8. The predicted molar refractivity (Wildman–Crippen MR) is 121 cm³/mol. The molecule has 35 heavy (non-hydrogen) atoms. The molecule has 0 bridgehead atoms. The van der Waals surface area contributed by atoms with Crippen LogP contribution in [0.1, 0.15) is 17.2 Å². The monoisotopic (exact) mass is 483 g/mol. The molecular formula is C26H20F3NO5. The Labute approximate surface area is 198 Å². The normalized spacial score (nSPS) is 14.0. The van der Waals surface area contributed by atoms with Crippen LogP contribution >= 0.6 is 0 Å². The lowest BCUT2D eigenvalue weighted by Crippen LogP contribution is -2.29. The molecule has 2 heterocycles. The zero-order valence-electron chi connectivity index (χ0n) is 18.3. The summed E-state index contributed by atoms with van der Waals surface area (Å²) in [4.78, 5) is 10.9. The summed E-state index contributed by atoms with van der Waals surface area (Å²) >= 11 is 0. The van der Waals surface area contributed by atoms with Gasteiger partial charge in [-0.2, -0.15) is 13.2 Å². The van der Waals surface area contributed by atoms with E-state index in [1.807, 2.05) is 18.3 Å². The molecule has 1 saturated heterocycles. The molecule has 3 aromatic carbocycles. The maximum atomic E-state index is 13.8. The molecule has 180 valence electrons. The maximum absolute atomic E-state index is 13.8. The van der Waals surface area contributed by atoms with Gasteiger partial charge in [0, 0.05) is 12.3 Å². The quantitative estimate of drug-likeness (QED) is 0.328. The molecule has 4 aromatic rings. The summed E-state index contributed by atoms with van der Waals surface area (Å²) in [6.45, 7) is 1.23. The number of alkyl halides is 3. The molecule has 1 aliphatic heterocycles. The summed E-state index contributed by atoms with van der Waals surface area (Å²) in [5, 5.41) is 9.94. The first-order chi connectivity index (χ1) is 16.8. The van der Waals surface area contributed by atoms with E-state index in [9.17, 15) is 18.0 Å². The number of fused-ring (bicyclic) bond motifs is 1. The molecule has 1 aliphatic rings. The van der Waals surface area contributed by atoms with Crippen LogP contribution in [0, 0.1) is 0 Å². The van der Waals surface area contributed by atoms with Crippen molar-refractivity contribution in [1.82, 2.24) is 4.57 Å². The molecule has 0 saturated carbocycles. The van der Waals surface area contributed by atoms with Gasteiger partial charge in [-0.3, -0.25) is 4.79 Å². The fourth-order valence-corrected chi connectivity index (χ4v) is 3.93. The number of carboxylic acid groups (broad SMARTS) is 1. The molecule has 0 amide bonds. The number of benzene rings is 3. The van der Waals surface area contributed by atoms with Gasteiger partial charge < -0.3 is 23.9 Å². The van der Waals surface area contributed by atoms with Gasteiger partial charge in [0.2, 0.25) is 0 Å². The van der Waals surface area contributed by atoms with E-state index in [0.29, 0.717) is 24.5 Å². The Morgan fingerprint density at radius 2 is 1.71 bits per heavy atom. The smallest absolute Gasteiger partial charge is 0.420 e. The Hall–Kier alpha value is -3.98. The molecule has 9 heteroatoms. The van der Waals surface area contributed by atoms with E-state index in [1.54, 1.807) is 18.2 Å². The minimum Gasteiger partial charge on any atom is -0.481 e. The molecule has 0 radical (unpaired) electrons. The summed E-state index contributed by atoms with van der Waals surface area (Å²) in [7, 11) is 0. The fraction of sp³-hybridized carbons (Fsp3) is 0.192. The Kier molecular flexibility index (Phi) is 5.86. The maximum Gasteiger partial charge on any atom is 0.420 e. The third-order valence-electron chi connectivity index (χ3n) is 5.68. The third-order valence-corrected chi connectivity index (χ3v) is 5.68. The van der Waals surface area contributed by atoms with Crippen LogP contribution in [-0.4, -0.2) is 28.9 Å². The lowest BCUT2D eigenvalue weighted by atomic mass is 10.1. The van der Waals surface area contributed by atoms with E-state index in [0.717, 1.165) is 17.0 Å². The van der Waals surface area contributed by atoms with Gasteiger partial charge in [-0.1, -0.05) is 12.1 Å². The van der Waals surface area contributed by atoms with E-state index in [4.69, 9.17) is 19.3 Å². The molecule has 1 aromatic heterocycles. The molecule has 1 fully saturated rings. The highest BCUT2D eigenvalue weighted by Gasteiger charge is 2.35. The number of nitrogens with zero attached hydrogens (tertiary/aromatic N) is 1. The minimum atomic E-state index is -4.70. The van der Waals surface area contributed by atoms with Gasteiger partial charge in [-0.05, 0) is 59.5 Å². The zero-order valence-corrected chi connectivity index (χ0v) is 18.3. The summed E-state index contributed by atoms with van der Waals surface area (Å²) in [6.07, 6.45) is -3.01. The first-order valence-corrected chi connectivity index (χ1v) is 10.8. The van der Waals surface area contributed by atoms with Crippen molar-refractivity contribution in [3.8, 4) is 23.0 Å². The minimum absolute atomic E-state index is 0.00809. The molecule has 5 rings (SSSR count). The van der Waals surface area contributed by atoms with Crippen molar-refractivity contribution < 1.29 is 37.3 Å². The van der Waals surface area contributed by atoms with Gasteiger partial charge in [-0.15, -0.1) is 0 Å². The number of aromatic nitrogens is 1. The van der Waals surface area contributed by atoms with E-state index < -0.39 is 23.5 Å². The zero-order chi connectivity index (χ0) is 24.6. The number of carbonyl (C=O) groups is 1. The number of aliphatic carboxylic acids is 1. The lowest BCUT2D eigenvalue weighted by molar-refractivity contribution is -0.138. The van der Waals surface area contributed by atoms with Crippen LogP contribution in [0.25, 0.3) is 10.9 Å². The Morgan fingerprint density at radius 1 is 0.971 bits per heavy atom. The number of hydrogen-bond donors (Lipinski definition) is 1. The molecule has 6 nitrogen and oxygen atoms in total. The van der Waals surface area contributed by atoms with Gasteiger partial charge in [0.25, 0.3) is 0 Å². The second kappa shape index (κ2) is 8.99. The van der Waals surface area contributed by atoms with Crippen molar-refractivity contribution in [2.75, 3.05) is 13.2 Å². The standard InChI is InChI=1S/C26H20F3NO5/c27-26(28,29)22-12-20(6-7-24(22)35-19-3-1-2-16(10-19)11-25(31)32)34-21-5-4-17-8-9-30(23(17)13-21)18-14-33-15-18/h1-10,12-13,18H,11,14-15H2,(H,31,32). The highest BCUT2D eigenvalue weighted by Crippen LogP contribution is 2.41. The molecule has 0 unspecified atom stereocenters. The van der Waals surface area contributed by atoms with Gasteiger partial charge in [0.1, 0.15) is 28.6 Å². The number of carboxylic acids is 1. The molecular weight excluding hydrogens is 463 g/mol. The Bertz CT molecular complexity index is 1390. The molecule has 0 aliphatic carbocycles. The average Bonchev–Trinajstić information content (AvgIpc) is 3.15. The SMILES string of the molecule is O=C(O)Cc1cccc(Oc2ccc(Oc3ccc4ccn(C5COC5)c4c3)cc2C(F)(F)F)c1. The van der Waals surface area contributed by atoms with Gasteiger partial charge >= 0.3 is 12.1 Å². The van der Waals surface area contributed by atoms with Crippen molar-refractivity contribution in [2.45, 2.75) is 18.6 Å². The van der Waals surface area contributed by atoms with E-state index in [1.165, 1.54) is 30.3 Å². The summed E-state index contributed by atoms with van der Waals surface area (Å²) in [5.41, 5.74) is 0.319. The number of ether oxygens (including phenoxy) is 3. The average molecular weight is 483 g/mol. The van der Waals surface area contributed by atoms with E-state index in [-0.39, 0.29) is 24.0 Å². The van der Waals surface area contributed by atoms with Crippen molar-refractivity contribution >= 4 is 16.9 Å². The van der Waals surface area contributed by atoms with E-state index in [2.05, 4.69) is 4.57 Å². The largest absolute Gasteiger partial charge is 0.481 e. The summed E-state index contributed by atoms with van der Waals surface area (Å²) in [5.74, 6) is -0.943. The first kappa shape index (κ1) is 22.8.